The van der Waals surface area contributed by atoms with Crippen molar-refractivity contribution >= 4 is 15.9 Å². The fourth-order valence-corrected chi connectivity index (χ4v) is 2.77. The molecule has 1 aromatic heterocycles. The maximum absolute atomic E-state index is 5.71. The number of benzene rings is 1. The Kier molecular flexibility index (Phi) is 4.38. The first kappa shape index (κ1) is 14.3. The van der Waals surface area contributed by atoms with Gasteiger partial charge in [-0.1, -0.05) is 6.07 Å². The number of nitrogens with two attached hydrogens (primary N) is 1. The van der Waals surface area contributed by atoms with Crippen LogP contribution in [0.15, 0.2) is 41.1 Å². The van der Waals surface area contributed by atoms with E-state index < -0.39 is 0 Å². The summed E-state index contributed by atoms with van der Waals surface area (Å²) in [6.45, 7) is 1.17. The van der Waals surface area contributed by atoms with Crippen molar-refractivity contribution < 1.29 is 9.47 Å². The summed E-state index contributed by atoms with van der Waals surface area (Å²) >= 11 is 3.43. The fourth-order valence-electron chi connectivity index (χ4n) is 2.35. The van der Waals surface area contributed by atoms with Gasteiger partial charge in [0.05, 0.1) is 6.04 Å². The third-order valence-electron chi connectivity index (χ3n) is 3.37. The monoisotopic (exact) mass is 349 g/mol. The summed E-state index contributed by atoms with van der Waals surface area (Å²) < 4.78 is 12.1. The first-order valence-corrected chi connectivity index (χ1v) is 7.50. The summed E-state index contributed by atoms with van der Waals surface area (Å²) in [4.78, 5) is 4.18. The molecule has 0 bridgehead atoms. The van der Waals surface area contributed by atoms with Crippen LogP contribution in [0.4, 0.5) is 0 Å². The second-order valence-corrected chi connectivity index (χ2v) is 5.75. The number of aromatic nitrogens is 1. The minimum atomic E-state index is -0.0167. The van der Waals surface area contributed by atoms with E-state index in [0.29, 0.717) is 13.2 Å². The molecule has 0 fully saturated rings. The highest BCUT2D eigenvalue weighted by molar-refractivity contribution is 9.10. The number of fused-ring (bicyclic) bond motifs is 1. The predicted molar refractivity (Wildman–Crippen MR) is 83.1 cm³/mol. The lowest BCUT2D eigenvalue weighted by Gasteiger charge is -2.22. The number of hydrazine groups is 1. The van der Waals surface area contributed by atoms with Crippen molar-refractivity contribution in [1.29, 1.82) is 0 Å². The average molecular weight is 350 g/mol. The van der Waals surface area contributed by atoms with Gasteiger partial charge in [-0.3, -0.25) is 16.3 Å². The molecular formula is C15H16BrN3O2. The first-order valence-electron chi connectivity index (χ1n) is 6.71. The van der Waals surface area contributed by atoms with E-state index in [2.05, 4.69) is 26.3 Å². The van der Waals surface area contributed by atoms with E-state index in [4.69, 9.17) is 15.3 Å². The van der Waals surface area contributed by atoms with Crippen LogP contribution in [0, 0.1) is 0 Å². The van der Waals surface area contributed by atoms with Crippen molar-refractivity contribution in [1.82, 2.24) is 10.4 Å². The Labute approximate surface area is 131 Å². The molecule has 1 atom stereocenters. The Morgan fingerprint density at radius 3 is 2.76 bits per heavy atom. The van der Waals surface area contributed by atoms with Crippen molar-refractivity contribution in [2.75, 3.05) is 13.2 Å². The van der Waals surface area contributed by atoms with Gasteiger partial charge in [-0.15, -0.1) is 0 Å². The van der Waals surface area contributed by atoms with Crippen LogP contribution in [0.25, 0.3) is 0 Å². The summed E-state index contributed by atoms with van der Waals surface area (Å²) in [5.74, 6) is 7.26. The molecule has 1 aliphatic heterocycles. The zero-order chi connectivity index (χ0) is 14.7. The van der Waals surface area contributed by atoms with Gasteiger partial charge in [-0.05, 0) is 51.7 Å². The minimum absolute atomic E-state index is 0.0167. The molecule has 1 unspecified atom stereocenters. The van der Waals surface area contributed by atoms with E-state index >= 15 is 0 Å². The van der Waals surface area contributed by atoms with Gasteiger partial charge in [0.15, 0.2) is 11.5 Å². The molecule has 0 spiro atoms. The van der Waals surface area contributed by atoms with Crippen molar-refractivity contribution in [2.45, 2.75) is 12.5 Å². The molecule has 0 amide bonds. The molecule has 3 N–H and O–H groups in total. The molecule has 6 heteroatoms. The van der Waals surface area contributed by atoms with Gasteiger partial charge in [0, 0.05) is 16.9 Å². The highest BCUT2D eigenvalue weighted by Gasteiger charge is 2.16. The molecule has 110 valence electrons. The van der Waals surface area contributed by atoms with Crippen LogP contribution in [0.1, 0.15) is 17.2 Å². The lowest BCUT2D eigenvalue weighted by atomic mass is 10.00. The van der Waals surface area contributed by atoms with Crippen LogP contribution >= 0.6 is 15.9 Å². The number of pyridine rings is 1. The number of ether oxygens (including phenoxy) is 2. The molecule has 2 heterocycles. The van der Waals surface area contributed by atoms with E-state index in [-0.39, 0.29) is 6.04 Å². The molecule has 0 saturated heterocycles. The Bertz CT molecular complexity index is 636. The molecule has 21 heavy (non-hydrogen) atoms. The number of rotatable bonds is 4. The summed E-state index contributed by atoms with van der Waals surface area (Å²) in [5, 5.41) is 0. The zero-order valence-electron chi connectivity index (χ0n) is 11.4. The molecular weight excluding hydrogens is 334 g/mol. The van der Waals surface area contributed by atoms with Crippen molar-refractivity contribution in [3.8, 4) is 11.5 Å². The van der Waals surface area contributed by atoms with Crippen LogP contribution in [-0.4, -0.2) is 18.2 Å². The van der Waals surface area contributed by atoms with Crippen LogP contribution < -0.4 is 20.7 Å². The SMILES string of the molecule is NNC(Cc1cncc(Br)c1)c1ccc2c(c1)OCCO2. The van der Waals surface area contributed by atoms with Gasteiger partial charge >= 0.3 is 0 Å². The van der Waals surface area contributed by atoms with Gasteiger partial charge in [-0.25, -0.2) is 0 Å². The highest BCUT2D eigenvalue weighted by Crippen LogP contribution is 2.33. The minimum Gasteiger partial charge on any atom is -0.486 e. The Hall–Kier alpha value is -1.63. The van der Waals surface area contributed by atoms with Crippen LogP contribution in [0.3, 0.4) is 0 Å². The van der Waals surface area contributed by atoms with Gasteiger partial charge in [0.2, 0.25) is 0 Å². The number of hydrogen-bond acceptors (Lipinski definition) is 5. The fraction of sp³-hybridized carbons (Fsp3) is 0.267. The molecule has 1 aromatic carbocycles. The van der Waals surface area contributed by atoms with Gasteiger partial charge in [0.25, 0.3) is 0 Å². The standard InChI is InChI=1S/C15H16BrN3O2/c16-12-5-10(8-18-9-12)6-13(19-17)11-1-2-14-15(7-11)21-4-3-20-14/h1-2,5,7-9,13,19H,3-4,6,17H2. The number of nitrogens with zero attached hydrogens (tertiary/aromatic N) is 1. The third-order valence-corrected chi connectivity index (χ3v) is 3.80. The maximum Gasteiger partial charge on any atom is 0.161 e. The normalized spacial score (nSPS) is 14.8. The van der Waals surface area contributed by atoms with Crippen molar-refractivity contribution in [3.05, 3.63) is 52.3 Å². The molecule has 1 aliphatic rings. The second kappa shape index (κ2) is 6.43. The molecule has 0 saturated carbocycles. The molecule has 0 radical (unpaired) electrons. The Morgan fingerprint density at radius 1 is 1.19 bits per heavy atom. The lowest BCUT2D eigenvalue weighted by molar-refractivity contribution is 0.171. The van der Waals surface area contributed by atoms with Crippen LogP contribution in [0.5, 0.6) is 11.5 Å². The van der Waals surface area contributed by atoms with E-state index in [1.54, 1.807) is 6.20 Å². The van der Waals surface area contributed by atoms with Crippen LogP contribution in [0.2, 0.25) is 0 Å². The Morgan fingerprint density at radius 2 is 2.00 bits per heavy atom. The van der Waals surface area contributed by atoms with E-state index in [1.165, 1.54) is 0 Å². The molecule has 5 nitrogen and oxygen atoms in total. The number of hydrogen-bond donors (Lipinski definition) is 2. The zero-order valence-corrected chi connectivity index (χ0v) is 13.0. The highest BCUT2D eigenvalue weighted by atomic mass is 79.9. The maximum atomic E-state index is 5.71. The summed E-state index contributed by atoms with van der Waals surface area (Å²) in [5.41, 5.74) is 5.01. The van der Waals surface area contributed by atoms with Crippen molar-refractivity contribution in [3.63, 3.8) is 0 Å². The van der Waals surface area contributed by atoms with Gasteiger partial charge in [0.1, 0.15) is 13.2 Å². The molecule has 3 rings (SSSR count). The van der Waals surface area contributed by atoms with E-state index in [0.717, 1.165) is 33.5 Å². The summed E-state index contributed by atoms with van der Waals surface area (Å²) in [7, 11) is 0. The van der Waals surface area contributed by atoms with E-state index in [1.807, 2.05) is 30.5 Å². The predicted octanol–water partition coefficient (Wildman–Crippen LogP) is 2.36. The third kappa shape index (κ3) is 3.34. The summed E-state index contributed by atoms with van der Waals surface area (Å²) in [6.07, 6.45) is 4.34. The topological polar surface area (TPSA) is 69.4 Å². The lowest BCUT2D eigenvalue weighted by Crippen LogP contribution is -2.29. The summed E-state index contributed by atoms with van der Waals surface area (Å²) in [6, 6.07) is 7.92. The van der Waals surface area contributed by atoms with Gasteiger partial charge in [-0.2, -0.15) is 0 Å². The molecule has 0 aliphatic carbocycles. The largest absolute Gasteiger partial charge is 0.486 e. The quantitative estimate of drug-likeness (QED) is 0.655. The number of halogens is 1. The first-order chi connectivity index (χ1) is 10.3. The Balaban J connectivity index is 1.82. The van der Waals surface area contributed by atoms with E-state index in [9.17, 15) is 0 Å². The smallest absolute Gasteiger partial charge is 0.161 e. The van der Waals surface area contributed by atoms with Crippen LogP contribution in [-0.2, 0) is 6.42 Å². The number of nitrogens with one attached hydrogen (secondary N) is 1. The second-order valence-electron chi connectivity index (χ2n) is 4.84. The molecule has 2 aromatic rings. The average Bonchev–Trinajstić information content (AvgIpc) is 2.52. The van der Waals surface area contributed by atoms with Gasteiger partial charge < -0.3 is 9.47 Å². The van der Waals surface area contributed by atoms with Crippen molar-refractivity contribution in [2.24, 2.45) is 5.84 Å².